The summed E-state index contributed by atoms with van der Waals surface area (Å²) in [6, 6.07) is 0. The largest absolute Gasteiger partial charge is 0.408 e. The van der Waals surface area contributed by atoms with Gasteiger partial charge in [0.25, 0.3) is 0 Å². The predicted octanol–water partition coefficient (Wildman–Crippen LogP) is -1.03. The first-order chi connectivity index (χ1) is 3.43. The first kappa shape index (κ1) is 5.24. The summed E-state index contributed by atoms with van der Waals surface area (Å²) < 4.78 is 10.0. The summed E-state index contributed by atoms with van der Waals surface area (Å²) in [5.41, 5.74) is 0. The molecule has 0 aromatic carbocycles. The molecule has 1 saturated heterocycles. The lowest BCUT2D eigenvalue weighted by Crippen LogP contribution is -2.30. The van der Waals surface area contributed by atoms with E-state index in [0.717, 1.165) is 13.2 Å². The number of hydrogen-bond donors (Lipinski definition) is 1. The zero-order valence-electron chi connectivity index (χ0n) is 4.31. The van der Waals surface area contributed by atoms with Gasteiger partial charge >= 0.3 is 9.45 Å². The molecule has 1 rings (SSSR count). The summed E-state index contributed by atoms with van der Waals surface area (Å²) >= 11 is 0. The topological polar surface area (TPSA) is 30.5 Å². The molecule has 3 nitrogen and oxygen atoms in total. The molecule has 0 bridgehead atoms. The average molecular weight is 119 g/mol. The van der Waals surface area contributed by atoms with Crippen LogP contribution in [0.1, 0.15) is 0 Å². The van der Waals surface area contributed by atoms with Crippen molar-refractivity contribution >= 4 is 9.45 Å². The van der Waals surface area contributed by atoms with Gasteiger partial charge in [0.2, 0.25) is 0 Å². The standard InChI is InChI=1S/C3H9NO2Si/c1-5-7-4-2-3-6-7/h4,7H,2-3H2,1H3. The molecule has 0 spiro atoms. The first-order valence-electron chi connectivity index (χ1n) is 2.31. The van der Waals surface area contributed by atoms with Crippen molar-refractivity contribution in [1.82, 2.24) is 4.98 Å². The van der Waals surface area contributed by atoms with Crippen LogP contribution in [0.2, 0.25) is 0 Å². The van der Waals surface area contributed by atoms with E-state index < -0.39 is 9.45 Å². The maximum Gasteiger partial charge on any atom is 0.408 e. The van der Waals surface area contributed by atoms with Crippen LogP contribution in [-0.2, 0) is 8.85 Å². The molecule has 0 radical (unpaired) electrons. The van der Waals surface area contributed by atoms with E-state index in [-0.39, 0.29) is 0 Å². The fourth-order valence-electron chi connectivity index (χ4n) is 0.553. The molecule has 1 aliphatic rings. The number of hydrogen-bond acceptors (Lipinski definition) is 3. The molecule has 1 aliphatic heterocycles. The van der Waals surface area contributed by atoms with Crippen molar-refractivity contribution in [2.24, 2.45) is 0 Å². The van der Waals surface area contributed by atoms with Crippen LogP contribution in [0.5, 0.6) is 0 Å². The number of rotatable bonds is 1. The quantitative estimate of drug-likeness (QED) is 0.448. The maximum absolute atomic E-state index is 5.11. The Morgan fingerprint density at radius 3 is 3.00 bits per heavy atom. The lowest BCUT2D eigenvalue weighted by Gasteiger charge is -2.00. The van der Waals surface area contributed by atoms with Crippen LogP contribution in [0, 0.1) is 0 Å². The smallest absolute Gasteiger partial charge is 0.388 e. The van der Waals surface area contributed by atoms with Crippen LogP contribution in [-0.4, -0.2) is 29.7 Å². The van der Waals surface area contributed by atoms with Crippen LogP contribution >= 0.6 is 0 Å². The van der Waals surface area contributed by atoms with E-state index in [4.69, 9.17) is 8.85 Å². The van der Waals surface area contributed by atoms with Crippen LogP contribution in [0.4, 0.5) is 0 Å². The average Bonchev–Trinajstić information content (AvgIpc) is 2.14. The van der Waals surface area contributed by atoms with E-state index in [1.165, 1.54) is 0 Å². The Balaban J connectivity index is 2.14. The highest BCUT2D eigenvalue weighted by Gasteiger charge is 2.15. The van der Waals surface area contributed by atoms with Crippen molar-refractivity contribution in [3.63, 3.8) is 0 Å². The van der Waals surface area contributed by atoms with Gasteiger partial charge in [-0.05, 0) is 0 Å². The summed E-state index contributed by atoms with van der Waals surface area (Å²) in [6.45, 7) is 1.79. The van der Waals surface area contributed by atoms with E-state index >= 15 is 0 Å². The highest BCUT2D eigenvalue weighted by Crippen LogP contribution is 1.87. The highest BCUT2D eigenvalue weighted by atomic mass is 28.3. The minimum atomic E-state index is -1.31. The molecule has 7 heavy (non-hydrogen) atoms. The fourth-order valence-corrected chi connectivity index (χ4v) is 1.66. The summed E-state index contributed by atoms with van der Waals surface area (Å²) in [7, 11) is 0.366. The van der Waals surface area contributed by atoms with E-state index in [1.54, 1.807) is 7.11 Å². The SMILES string of the molecule is CO[SiH]1NCCO1. The molecule has 0 amide bonds. The Hall–Kier alpha value is 0.0969. The molecule has 0 aromatic heterocycles. The molecule has 1 heterocycles. The van der Waals surface area contributed by atoms with Gasteiger partial charge < -0.3 is 8.85 Å². The Morgan fingerprint density at radius 2 is 2.71 bits per heavy atom. The lowest BCUT2D eigenvalue weighted by molar-refractivity contribution is 0.267. The third kappa shape index (κ3) is 1.24. The van der Waals surface area contributed by atoms with Crippen LogP contribution in [0.15, 0.2) is 0 Å². The predicted molar refractivity (Wildman–Crippen MR) is 28.1 cm³/mol. The molecule has 0 aliphatic carbocycles. The second kappa shape index (κ2) is 2.42. The van der Waals surface area contributed by atoms with Crippen molar-refractivity contribution < 1.29 is 8.85 Å². The summed E-state index contributed by atoms with van der Waals surface area (Å²) in [6.07, 6.45) is 0. The molecular weight excluding hydrogens is 110 g/mol. The Labute approximate surface area is 44.5 Å². The molecule has 0 aromatic rings. The van der Waals surface area contributed by atoms with Crippen molar-refractivity contribution in [3.05, 3.63) is 0 Å². The molecule has 1 fully saturated rings. The Kier molecular flexibility index (Phi) is 1.81. The van der Waals surface area contributed by atoms with Gasteiger partial charge in [0.05, 0.1) is 0 Å². The second-order valence-corrected chi connectivity index (χ2v) is 3.27. The lowest BCUT2D eigenvalue weighted by atomic mass is 10.8. The van der Waals surface area contributed by atoms with Crippen molar-refractivity contribution in [2.45, 2.75) is 0 Å². The van der Waals surface area contributed by atoms with E-state index in [1.807, 2.05) is 0 Å². The zero-order chi connectivity index (χ0) is 5.11. The number of nitrogens with one attached hydrogen (secondary N) is 1. The van der Waals surface area contributed by atoms with Gasteiger partial charge in [0.15, 0.2) is 0 Å². The molecule has 0 saturated carbocycles. The van der Waals surface area contributed by atoms with Gasteiger partial charge in [-0.3, -0.25) is 4.98 Å². The van der Waals surface area contributed by atoms with E-state index in [9.17, 15) is 0 Å². The van der Waals surface area contributed by atoms with Gasteiger partial charge in [-0.25, -0.2) is 0 Å². The van der Waals surface area contributed by atoms with Gasteiger partial charge in [-0.1, -0.05) is 0 Å². The summed E-state index contributed by atoms with van der Waals surface area (Å²) in [5.74, 6) is 0. The van der Waals surface area contributed by atoms with E-state index in [2.05, 4.69) is 4.98 Å². The van der Waals surface area contributed by atoms with Gasteiger partial charge in [-0.2, -0.15) is 0 Å². The van der Waals surface area contributed by atoms with Crippen molar-refractivity contribution in [3.8, 4) is 0 Å². The first-order valence-corrected chi connectivity index (χ1v) is 3.83. The van der Waals surface area contributed by atoms with Crippen molar-refractivity contribution in [2.75, 3.05) is 20.3 Å². The highest BCUT2D eigenvalue weighted by molar-refractivity contribution is 6.41. The zero-order valence-corrected chi connectivity index (χ0v) is 5.46. The van der Waals surface area contributed by atoms with Crippen LogP contribution in [0.25, 0.3) is 0 Å². The Morgan fingerprint density at radius 1 is 1.86 bits per heavy atom. The molecule has 1 N–H and O–H groups in total. The minimum Gasteiger partial charge on any atom is -0.388 e. The van der Waals surface area contributed by atoms with Gasteiger partial charge in [0, 0.05) is 20.3 Å². The van der Waals surface area contributed by atoms with Gasteiger partial charge in [-0.15, -0.1) is 0 Å². The van der Waals surface area contributed by atoms with Crippen molar-refractivity contribution in [1.29, 1.82) is 0 Å². The van der Waals surface area contributed by atoms with E-state index in [0.29, 0.717) is 0 Å². The van der Waals surface area contributed by atoms with Gasteiger partial charge in [0.1, 0.15) is 0 Å². The maximum atomic E-state index is 5.11. The van der Waals surface area contributed by atoms with Crippen LogP contribution < -0.4 is 4.98 Å². The second-order valence-electron chi connectivity index (χ2n) is 1.39. The minimum absolute atomic E-state index is 0.824. The summed E-state index contributed by atoms with van der Waals surface area (Å²) in [5, 5.41) is 0. The monoisotopic (exact) mass is 119 g/mol. The third-order valence-electron chi connectivity index (χ3n) is 0.896. The molecule has 4 heteroatoms. The summed E-state index contributed by atoms with van der Waals surface area (Å²) in [4.78, 5) is 3.10. The third-order valence-corrected chi connectivity index (χ3v) is 2.48. The van der Waals surface area contributed by atoms with Crippen LogP contribution in [0.3, 0.4) is 0 Å². The molecule has 42 valence electrons. The normalized spacial score (nSPS) is 31.3. The molecule has 1 unspecified atom stereocenters. The molecular formula is C3H9NO2Si. The Bertz CT molecular complexity index is 54.9. The fraction of sp³-hybridized carbons (Fsp3) is 1.00. The molecule has 1 atom stereocenters.